The molecule has 0 bridgehead atoms. The van der Waals surface area contributed by atoms with E-state index in [0.29, 0.717) is 10.4 Å². The van der Waals surface area contributed by atoms with Crippen molar-refractivity contribution < 1.29 is 27.8 Å². The zero-order valence-electron chi connectivity index (χ0n) is 15.5. The fraction of sp³-hybridized carbons (Fsp3) is 0.316. The number of aliphatic hydroxyl groups excluding tert-OH is 1. The number of aryl methyl sites for hydroxylation is 1. The smallest absolute Gasteiger partial charge is 0.416 e. The van der Waals surface area contributed by atoms with E-state index in [0.717, 1.165) is 23.5 Å². The average Bonchev–Trinajstić information content (AvgIpc) is 3.01. The maximum atomic E-state index is 12.8. The van der Waals surface area contributed by atoms with E-state index in [1.807, 2.05) is 0 Å². The van der Waals surface area contributed by atoms with Crippen LogP contribution in [0, 0.1) is 6.92 Å². The van der Waals surface area contributed by atoms with Gasteiger partial charge in [0.2, 0.25) is 0 Å². The van der Waals surface area contributed by atoms with E-state index in [-0.39, 0.29) is 29.0 Å². The zero-order valence-corrected chi connectivity index (χ0v) is 16.3. The fourth-order valence-electron chi connectivity index (χ4n) is 2.87. The number of aliphatic hydroxyl groups is 1. The predicted molar refractivity (Wildman–Crippen MR) is 101 cm³/mol. The number of ether oxygens (including phenoxy) is 1. The van der Waals surface area contributed by atoms with Gasteiger partial charge in [0.15, 0.2) is 0 Å². The second kappa shape index (κ2) is 7.96. The number of hydrogen-bond acceptors (Lipinski definition) is 6. The molecule has 3 rings (SSSR count). The Labute approximate surface area is 167 Å². The summed E-state index contributed by atoms with van der Waals surface area (Å²) in [5, 5.41) is 10.6. The lowest BCUT2D eigenvalue weighted by molar-refractivity contribution is -0.137. The van der Waals surface area contributed by atoms with Crippen molar-refractivity contribution in [2.75, 3.05) is 6.61 Å². The third-order valence-corrected chi connectivity index (χ3v) is 5.55. The SMILES string of the molecule is CCOC(=O)c1sc2ncn(CC(O)c3ccc(C(F)(F)F)cc3)c(=O)c2c1C. The summed E-state index contributed by atoms with van der Waals surface area (Å²) in [7, 11) is 0. The number of benzene rings is 1. The lowest BCUT2D eigenvalue weighted by Crippen LogP contribution is -2.23. The first-order valence-corrected chi connectivity index (χ1v) is 9.46. The van der Waals surface area contributed by atoms with Gasteiger partial charge in [0, 0.05) is 0 Å². The van der Waals surface area contributed by atoms with Crippen LogP contribution in [-0.4, -0.2) is 27.2 Å². The number of carbonyl (C=O) groups is 1. The highest BCUT2D eigenvalue weighted by Crippen LogP contribution is 2.30. The van der Waals surface area contributed by atoms with Crippen molar-refractivity contribution in [3.63, 3.8) is 0 Å². The van der Waals surface area contributed by atoms with E-state index in [2.05, 4.69) is 4.98 Å². The van der Waals surface area contributed by atoms with E-state index in [1.165, 1.54) is 23.0 Å². The molecule has 0 saturated carbocycles. The third-order valence-electron chi connectivity index (χ3n) is 4.37. The van der Waals surface area contributed by atoms with Gasteiger partial charge in [-0.05, 0) is 37.1 Å². The number of aromatic nitrogens is 2. The van der Waals surface area contributed by atoms with E-state index in [9.17, 15) is 27.9 Å². The van der Waals surface area contributed by atoms with Crippen LogP contribution >= 0.6 is 11.3 Å². The highest BCUT2D eigenvalue weighted by atomic mass is 32.1. The van der Waals surface area contributed by atoms with Crippen LogP contribution in [-0.2, 0) is 17.5 Å². The first-order chi connectivity index (χ1) is 13.6. The summed E-state index contributed by atoms with van der Waals surface area (Å²) in [5.41, 5.74) is -0.599. The molecule has 0 aliphatic heterocycles. The molecule has 0 spiro atoms. The number of esters is 1. The Hall–Kier alpha value is -2.72. The molecule has 0 saturated heterocycles. The Bertz CT molecular complexity index is 1100. The standard InChI is InChI=1S/C19H17F3N2O4S/c1-3-28-18(27)15-10(2)14-16(29-15)23-9-24(17(14)26)8-13(25)11-4-6-12(7-5-11)19(20,21)22/h4-7,9,13,25H,3,8H2,1-2H3. The minimum atomic E-state index is -4.47. The predicted octanol–water partition coefficient (Wildman–Crippen LogP) is 3.70. The molecule has 1 unspecified atom stereocenters. The molecule has 1 N–H and O–H groups in total. The van der Waals surface area contributed by atoms with Crippen molar-refractivity contribution >= 4 is 27.5 Å². The van der Waals surface area contributed by atoms with Gasteiger partial charge in [0.05, 0.1) is 36.5 Å². The zero-order chi connectivity index (χ0) is 21.3. The van der Waals surface area contributed by atoms with Crippen LogP contribution in [0.15, 0.2) is 35.4 Å². The Morgan fingerprint density at radius 2 is 1.97 bits per heavy atom. The molecule has 10 heteroatoms. The Balaban J connectivity index is 1.90. The molecule has 3 aromatic rings. The molecule has 1 atom stereocenters. The molecular formula is C19H17F3N2O4S. The highest BCUT2D eigenvalue weighted by molar-refractivity contribution is 7.20. The molecule has 29 heavy (non-hydrogen) atoms. The molecule has 0 aliphatic rings. The number of hydrogen-bond donors (Lipinski definition) is 1. The van der Waals surface area contributed by atoms with Crippen molar-refractivity contribution in [2.45, 2.75) is 32.7 Å². The van der Waals surface area contributed by atoms with E-state index in [1.54, 1.807) is 13.8 Å². The molecule has 2 aromatic heterocycles. The number of alkyl halides is 3. The minimum Gasteiger partial charge on any atom is -0.462 e. The summed E-state index contributed by atoms with van der Waals surface area (Å²) < 4.78 is 44.1. The average molecular weight is 426 g/mol. The van der Waals surface area contributed by atoms with Gasteiger partial charge in [0.1, 0.15) is 9.71 Å². The van der Waals surface area contributed by atoms with Gasteiger partial charge in [-0.3, -0.25) is 9.36 Å². The maximum Gasteiger partial charge on any atom is 0.416 e. The summed E-state index contributed by atoms with van der Waals surface area (Å²) in [5.74, 6) is -0.538. The lowest BCUT2D eigenvalue weighted by atomic mass is 10.1. The quantitative estimate of drug-likeness (QED) is 0.630. The van der Waals surface area contributed by atoms with Gasteiger partial charge in [-0.25, -0.2) is 9.78 Å². The number of thiophene rings is 1. The van der Waals surface area contributed by atoms with Crippen molar-refractivity contribution in [2.24, 2.45) is 0 Å². The number of carbonyl (C=O) groups excluding carboxylic acids is 1. The van der Waals surface area contributed by atoms with Gasteiger partial charge in [-0.2, -0.15) is 13.2 Å². The van der Waals surface area contributed by atoms with Crippen LogP contribution < -0.4 is 5.56 Å². The van der Waals surface area contributed by atoms with Crippen molar-refractivity contribution in [3.8, 4) is 0 Å². The molecule has 6 nitrogen and oxygen atoms in total. The molecule has 0 amide bonds. The second-order valence-electron chi connectivity index (χ2n) is 6.29. The summed E-state index contributed by atoms with van der Waals surface area (Å²) in [6.45, 7) is 3.29. The van der Waals surface area contributed by atoms with Crippen LogP contribution in [0.1, 0.15) is 39.4 Å². The van der Waals surface area contributed by atoms with E-state index in [4.69, 9.17) is 4.74 Å². The van der Waals surface area contributed by atoms with Crippen LogP contribution in [0.25, 0.3) is 10.2 Å². The minimum absolute atomic E-state index is 0.197. The summed E-state index contributed by atoms with van der Waals surface area (Å²) in [6, 6.07) is 4.08. The van der Waals surface area contributed by atoms with E-state index < -0.39 is 29.4 Å². The van der Waals surface area contributed by atoms with Crippen LogP contribution in [0.3, 0.4) is 0 Å². The topological polar surface area (TPSA) is 81.4 Å². The number of nitrogens with zero attached hydrogens (tertiary/aromatic N) is 2. The third kappa shape index (κ3) is 4.18. The maximum absolute atomic E-state index is 12.8. The van der Waals surface area contributed by atoms with Crippen LogP contribution in [0.5, 0.6) is 0 Å². The molecular weight excluding hydrogens is 409 g/mol. The van der Waals surface area contributed by atoms with Gasteiger partial charge in [-0.1, -0.05) is 12.1 Å². The monoisotopic (exact) mass is 426 g/mol. The summed E-state index contributed by atoms with van der Waals surface area (Å²) in [4.78, 5) is 29.7. The largest absolute Gasteiger partial charge is 0.462 e. The molecule has 0 fully saturated rings. The first-order valence-electron chi connectivity index (χ1n) is 8.64. The van der Waals surface area contributed by atoms with Crippen LogP contribution in [0.2, 0.25) is 0 Å². The first kappa shape index (κ1) is 21.0. The van der Waals surface area contributed by atoms with Crippen molar-refractivity contribution in [1.29, 1.82) is 0 Å². The Kier molecular flexibility index (Phi) is 5.76. The Morgan fingerprint density at radius 3 is 2.55 bits per heavy atom. The Morgan fingerprint density at radius 1 is 1.31 bits per heavy atom. The van der Waals surface area contributed by atoms with Crippen molar-refractivity contribution in [1.82, 2.24) is 9.55 Å². The number of halogens is 3. The molecule has 1 aromatic carbocycles. The van der Waals surface area contributed by atoms with Gasteiger partial charge in [0.25, 0.3) is 5.56 Å². The fourth-order valence-corrected chi connectivity index (χ4v) is 3.90. The molecule has 0 aliphatic carbocycles. The van der Waals surface area contributed by atoms with Gasteiger partial charge < -0.3 is 9.84 Å². The molecule has 0 radical (unpaired) electrons. The normalized spacial score (nSPS) is 12.9. The lowest BCUT2D eigenvalue weighted by Gasteiger charge is -2.14. The van der Waals surface area contributed by atoms with Gasteiger partial charge >= 0.3 is 12.1 Å². The van der Waals surface area contributed by atoms with Crippen molar-refractivity contribution in [3.05, 3.63) is 62.5 Å². The second-order valence-corrected chi connectivity index (χ2v) is 7.29. The summed E-state index contributed by atoms with van der Waals surface area (Å²) in [6.07, 6.45) is -4.44. The highest BCUT2D eigenvalue weighted by Gasteiger charge is 2.30. The summed E-state index contributed by atoms with van der Waals surface area (Å²) >= 11 is 1.05. The number of rotatable bonds is 5. The van der Waals surface area contributed by atoms with Crippen LogP contribution in [0.4, 0.5) is 13.2 Å². The van der Waals surface area contributed by atoms with Gasteiger partial charge in [-0.15, -0.1) is 11.3 Å². The molecule has 154 valence electrons. The molecule has 2 heterocycles. The number of fused-ring (bicyclic) bond motifs is 1. The van der Waals surface area contributed by atoms with E-state index >= 15 is 0 Å².